The molecule has 2 fully saturated rings. The normalized spacial score (nSPS) is 23.2. The number of hydrogen-bond acceptors (Lipinski definition) is 9. The summed E-state index contributed by atoms with van der Waals surface area (Å²) in [6, 6.07) is 9.77. The fraction of sp³-hybridized carbons (Fsp3) is 0.520. The number of carbonyl (C=O) groups excluding carboxylic acids is 2. The van der Waals surface area contributed by atoms with Crippen molar-refractivity contribution >= 4 is 35.0 Å². The van der Waals surface area contributed by atoms with Crippen molar-refractivity contribution in [2.75, 3.05) is 49.8 Å². The number of nitrogens with one attached hydrogen (secondary N) is 1. The molecule has 0 bridgehead atoms. The van der Waals surface area contributed by atoms with Crippen molar-refractivity contribution in [3.8, 4) is 0 Å². The first-order valence-electron chi connectivity index (χ1n) is 12.3. The maximum atomic E-state index is 12.8. The highest BCUT2D eigenvalue weighted by Gasteiger charge is 2.42. The number of aryl methyl sites for hydroxylation is 1. The van der Waals surface area contributed by atoms with Crippen LogP contribution >= 0.6 is 0 Å². The number of anilines is 2. The largest absolute Gasteiger partial charge is 0.611 e. The van der Waals surface area contributed by atoms with Crippen molar-refractivity contribution in [1.29, 1.82) is 0 Å². The summed E-state index contributed by atoms with van der Waals surface area (Å²) in [5.74, 6) is 1.85. The van der Waals surface area contributed by atoms with E-state index in [2.05, 4.69) is 10.2 Å². The summed E-state index contributed by atoms with van der Waals surface area (Å²) in [7, 11) is 3.11. The van der Waals surface area contributed by atoms with Crippen molar-refractivity contribution in [1.82, 2.24) is 14.9 Å². The van der Waals surface area contributed by atoms with Crippen LogP contribution in [0.5, 0.6) is 0 Å². The van der Waals surface area contributed by atoms with Gasteiger partial charge in [-0.3, -0.25) is 4.79 Å². The van der Waals surface area contributed by atoms with Crippen LogP contribution in [0.4, 0.5) is 16.6 Å². The number of aromatic nitrogens is 2. The lowest BCUT2D eigenvalue weighted by Crippen LogP contribution is -2.46. The number of ether oxygens (including phenoxy) is 2. The smallest absolute Gasteiger partial charge is 0.508 e. The molecule has 2 unspecified atom stereocenters. The highest BCUT2D eigenvalue weighted by molar-refractivity contribution is 7.91. The summed E-state index contributed by atoms with van der Waals surface area (Å²) in [6.07, 6.45) is 2.23. The first-order valence-corrected chi connectivity index (χ1v) is 13.6. The van der Waals surface area contributed by atoms with Gasteiger partial charge in [0, 0.05) is 58.4 Å². The molecule has 1 N–H and O–H groups in total. The number of nitrogens with zero attached hydrogens (tertiary/aromatic N) is 4. The topological polar surface area (TPSA) is 120 Å². The minimum Gasteiger partial charge on any atom is -0.611 e. The number of rotatable bonds is 5. The summed E-state index contributed by atoms with van der Waals surface area (Å²) >= 11 is -1.15. The average Bonchev–Trinajstić information content (AvgIpc) is 3.28. The number of fused-ring (bicyclic) bond motifs is 1. The number of benzene rings is 1. The number of piperidine rings is 2. The molecular formula is C25H31N5O5S. The van der Waals surface area contributed by atoms with Gasteiger partial charge in [-0.2, -0.15) is 4.98 Å². The predicted molar refractivity (Wildman–Crippen MR) is 134 cm³/mol. The van der Waals surface area contributed by atoms with Crippen LogP contribution in [0.25, 0.3) is 0 Å². The van der Waals surface area contributed by atoms with Gasteiger partial charge >= 0.3 is 6.16 Å². The summed E-state index contributed by atoms with van der Waals surface area (Å²) in [6.45, 7) is 1.73. The van der Waals surface area contributed by atoms with E-state index in [4.69, 9.17) is 19.4 Å². The Morgan fingerprint density at radius 2 is 1.94 bits per heavy atom. The Bertz CT molecular complexity index is 1130. The summed E-state index contributed by atoms with van der Waals surface area (Å²) < 4.78 is 23.4. The van der Waals surface area contributed by atoms with E-state index in [1.54, 1.807) is 11.9 Å². The molecule has 10 nitrogen and oxygen atoms in total. The predicted octanol–water partition coefficient (Wildman–Crippen LogP) is 2.45. The van der Waals surface area contributed by atoms with Crippen molar-refractivity contribution in [2.24, 2.45) is 0 Å². The monoisotopic (exact) mass is 513 g/mol. The van der Waals surface area contributed by atoms with E-state index in [-0.39, 0.29) is 11.9 Å². The second-order valence-electron chi connectivity index (χ2n) is 9.51. The Morgan fingerprint density at radius 1 is 1.19 bits per heavy atom. The van der Waals surface area contributed by atoms with Crippen molar-refractivity contribution in [3.63, 3.8) is 0 Å². The Kier molecular flexibility index (Phi) is 6.94. The van der Waals surface area contributed by atoms with Crippen LogP contribution in [-0.2, 0) is 37.5 Å². The van der Waals surface area contributed by atoms with Crippen LogP contribution in [0.1, 0.15) is 36.9 Å². The summed E-state index contributed by atoms with van der Waals surface area (Å²) in [5.41, 5.74) is 0.953. The van der Waals surface area contributed by atoms with E-state index in [1.165, 1.54) is 7.11 Å². The van der Waals surface area contributed by atoms with Gasteiger partial charge in [-0.1, -0.05) is 30.3 Å². The van der Waals surface area contributed by atoms with E-state index in [0.29, 0.717) is 74.2 Å². The molecule has 36 heavy (non-hydrogen) atoms. The molecule has 5 rings (SSSR count). The van der Waals surface area contributed by atoms with E-state index in [1.807, 2.05) is 30.3 Å². The second kappa shape index (κ2) is 10.1. The van der Waals surface area contributed by atoms with Gasteiger partial charge in [-0.05, 0) is 23.2 Å². The summed E-state index contributed by atoms with van der Waals surface area (Å²) in [4.78, 5) is 38.1. The minimum absolute atomic E-state index is 0.0395. The highest BCUT2D eigenvalue weighted by Crippen LogP contribution is 2.39. The summed E-state index contributed by atoms with van der Waals surface area (Å²) in [5, 5.41) is 3.47. The fourth-order valence-electron chi connectivity index (χ4n) is 5.21. The third-order valence-electron chi connectivity index (χ3n) is 7.24. The average molecular weight is 514 g/mol. The van der Waals surface area contributed by atoms with Gasteiger partial charge in [-0.15, -0.1) is 0 Å². The standard InChI is InChI=1S/C25H31N5O5S/c1-29-16-18(8-9-20(29)31)26-22-21-19(10-15-36(21)33)27-23(28-22)30-13-11-25(12-14-30,35-24(32)34-2)17-6-4-3-5-7-17/h3-7,18H,8-16H2,1-2H3,(H,26,27,28). The first-order chi connectivity index (χ1) is 17.4. The molecule has 0 spiro atoms. The molecule has 2 saturated heterocycles. The maximum absolute atomic E-state index is 12.8. The fourth-order valence-corrected chi connectivity index (χ4v) is 6.52. The molecule has 0 saturated carbocycles. The van der Waals surface area contributed by atoms with Crippen molar-refractivity contribution in [2.45, 2.75) is 48.6 Å². The zero-order valence-corrected chi connectivity index (χ0v) is 21.4. The number of likely N-dealkylation sites (tertiary alicyclic amines) is 1. The molecular weight excluding hydrogens is 482 g/mol. The van der Waals surface area contributed by atoms with Crippen LogP contribution in [0.15, 0.2) is 35.2 Å². The van der Waals surface area contributed by atoms with Crippen molar-refractivity contribution in [3.05, 3.63) is 41.6 Å². The van der Waals surface area contributed by atoms with Crippen LogP contribution in [0.3, 0.4) is 0 Å². The van der Waals surface area contributed by atoms with Crippen LogP contribution < -0.4 is 10.2 Å². The SMILES string of the molecule is COC(=O)OC1(c2ccccc2)CCN(c2nc3c(c(NC4CCC(=O)N(C)C4)n2)[S+]([O-])CC3)CC1. The molecule has 1 aromatic carbocycles. The first kappa shape index (κ1) is 24.6. The molecule has 0 aliphatic carbocycles. The molecule has 2 aromatic rings. The number of carbonyl (C=O) groups is 2. The molecule has 3 aliphatic heterocycles. The van der Waals surface area contributed by atoms with Gasteiger partial charge < -0.3 is 29.1 Å². The van der Waals surface area contributed by atoms with E-state index in [9.17, 15) is 14.1 Å². The molecule has 11 heteroatoms. The van der Waals surface area contributed by atoms with Gasteiger partial charge in [-0.25, -0.2) is 9.78 Å². The Hall–Kier alpha value is -3.05. The number of methoxy groups -OCH3 is 1. The molecule has 4 heterocycles. The van der Waals surface area contributed by atoms with E-state index < -0.39 is 22.9 Å². The van der Waals surface area contributed by atoms with E-state index in [0.717, 1.165) is 11.3 Å². The molecule has 2 atom stereocenters. The molecule has 3 aliphatic rings. The van der Waals surface area contributed by atoms with E-state index >= 15 is 0 Å². The van der Waals surface area contributed by atoms with Gasteiger partial charge in [0.1, 0.15) is 17.0 Å². The highest BCUT2D eigenvalue weighted by atomic mass is 32.2. The molecule has 0 radical (unpaired) electrons. The van der Waals surface area contributed by atoms with Crippen LogP contribution in [0, 0.1) is 0 Å². The minimum atomic E-state index is -1.15. The van der Waals surface area contributed by atoms with Crippen molar-refractivity contribution < 1.29 is 23.6 Å². The Labute approximate surface area is 213 Å². The Morgan fingerprint density at radius 3 is 2.64 bits per heavy atom. The lowest BCUT2D eigenvalue weighted by Gasteiger charge is -2.41. The third-order valence-corrected chi connectivity index (χ3v) is 8.70. The zero-order chi connectivity index (χ0) is 25.3. The molecule has 1 amide bonds. The molecule has 1 aromatic heterocycles. The second-order valence-corrected chi connectivity index (χ2v) is 11.0. The Balaban J connectivity index is 1.38. The third kappa shape index (κ3) is 4.81. The zero-order valence-electron chi connectivity index (χ0n) is 20.6. The van der Waals surface area contributed by atoms with Gasteiger partial charge in [0.25, 0.3) is 0 Å². The van der Waals surface area contributed by atoms with Crippen LogP contribution in [0.2, 0.25) is 0 Å². The maximum Gasteiger partial charge on any atom is 0.508 e. The lowest BCUT2D eigenvalue weighted by atomic mass is 9.84. The van der Waals surface area contributed by atoms with Gasteiger partial charge in [0.15, 0.2) is 5.82 Å². The number of likely N-dealkylation sites (N-methyl/N-ethyl adjacent to an activating group) is 1. The number of hydrogen-bond donors (Lipinski definition) is 1. The van der Waals surface area contributed by atoms with Crippen LogP contribution in [-0.4, -0.2) is 77.1 Å². The van der Waals surface area contributed by atoms with Gasteiger partial charge in [0.05, 0.1) is 7.11 Å². The molecule has 192 valence electrons. The number of amides is 1. The quantitative estimate of drug-likeness (QED) is 0.475. The lowest BCUT2D eigenvalue weighted by molar-refractivity contribution is -0.132. The van der Waals surface area contributed by atoms with Gasteiger partial charge in [0.2, 0.25) is 16.8 Å².